The molecule has 94 valence electrons. The van der Waals surface area contributed by atoms with Gasteiger partial charge >= 0.3 is 0 Å². The third kappa shape index (κ3) is 4.03. The summed E-state index contributed by atoms with van der Waals surface area (Å²) in [5.74, 6) is 1.68. The molecule has 1 fully saturated rings. The van der Waals surface area contributed by atoms with Gasteiger partial charge in [0.05, 0.1) is 6.61 Å². The van der Waals surface area contributed by atoms with Gasteiger partial charge in [0.2, 0.25) is 5.88 Å². The van der Waals surface area contributed by atoms with Crippen LogP contribution in [0.3, 0.4) is 0 Å². The Bertz CT molecular complexity index is 331. The van der Waals surface area contributed by atoms with E-state index in [1.54, 1.807) is 0 Å². The van der Waals surface area contributed by atoms with Crippen LogP contribution in [0.15, 0.2) is 18.3 Å². The molecular formula is C15H23NO. The van der Waals surface area contributed by atoms with Gasteiger partial charge in [-0.25, -0.2) is 4.98 Å². The first kappa shape index (κ1) is 12.4. The summed E-state index contributed by atoms with van der Waals surface area (Å²) in [6.45, 7) is 2.98. The average molecular weight is 233 g/mol. The second-order valence-electron chi connectivity index (χ2n) is 5.00. The number of hydrogen-bond acceptors (Lipinski definition) is 2. The molecule has 0 radical (unpaired) electrons. The molecule has 2 nitrogen and oxygen atoms in total. The van der Waals surface area contributed by atoms with E-state index in [-0.39, 0.29) is 0 Å². The van der Waals surface area contributed by atoms with Crippen molar-refractivity contribution in [2.24, 2.45) is 5.92 Å². The first-order valence-corrected chi connectivity index (χ1v) is 6.96. The van der Waals surface area contributed by atoms with Crippen molar-refractivity contribution in [3.05, 3.63) is 23.9 Å². The maximum atomic E-state index is 5.74. The van der Waals surface area contributed by atoms with E-state index in [1.165, 1.54) is 44.1 Å². The molecule has 0 unspecified atom stereocenters. The standard InChI is InChI=1S/C15H23NO/c1-2-13-8-10-16-15(12-13)17-11-9-14-6-4-3-5-7-14/h8,10,12,14H,2-7,9,11H2,1H3. The highest BCUT2D eigenvalue weighted by Gasteiger charge is 2.13. The lowest BCUT2D eigenvalue weighted by atomic mass is 9.87. The Morgan fingerprint density at radius 3 is 2.88 bits per heavy atom. The molecule has 0 saturated heterocycles. The molecule has 0 bridgehead atoms. The summed E-state index contributed by atoms with van der Waals surface area (Å²) in [5, 5.41) is 0. The van der Waals surface area contributed by atoms with Crippen LogP contribution >= 0.6 is 0 Å². The topological polar surface area (TPSA) is 22.1 Å². The van der Waals surface area contributed by atoms with Gasteiger partial charge in [-0.3, -0.25) is 0 Å². The fourth-order valence-electron chi connectivity index (χ4n) is 2.56. The highest BCUT2D eigenvalue weighted by atomic mass is 16.5. The molecule has 1 saturated carbocycles. The largest absolute Gasteiger partial charge is 0.478 e. The van der Waals surface area contributed by atoms with Gasteiger partial charge < -0.3 is 4.74 Å². The predicted octanol–water partition coefficient (Wildman–Crippen LogP) is 3.99. The van der Waals surface area contributed by atoms with Crippen molar-refractivity contribution in [2.45, 2.75) is 51.9 Å². The van der Waals surface area contributed by atoms with Gasteiger partial charge in [-0.05, 0) is 30.4 Å². The van der Waals surface area contributed by atoms with Crippen molar-refractivity contribution in [3.63, 3.8) is 0 Å². The van der Waals surface area contributed by atoms with Crippen molar-refractivity contribution < 1.29 is 4.74 Å². The Morgan fingerprint density at radius 2 is 2.12 bits per heavy atom. The first-order valence-electron chi connectivity index (χ1n) is 6.96. The van der Waals surface area contributed by atoms with Crippen LogP contribution in [0.1, 0.15) is 51.0 Å². The normalized spacial score (nSPS) is 17.0. The number of aryl methyl sites for hydroxylation is 1. The van der Waals surface area contributed by atoms with Gasteiger partial charge in [0.25, 0.3) is 0 Å². The minimum Gasteiger partial charge on any atom is -0.478 e. The van der Waals surface area contributed by atoms with Crippen LogP contribution < -0.4 is 4.74 Å². The summed E-state index contributed by atoms with van der Waals surface area (Å²) in [6, 6.07) is 4.11. The van der Waals surface area contributed by atoms with Crippen LogP contribution in [-0.4, -0.2) is 11.6 Å². The van der Waals surface area contributed by atoms with Crippen molar-refractivity contribution in [1.29, 1.82) is 0 Å². The molecule has 0 spiro atoms. The Labute approximate surface area is 104 Å². The molecule has 0 atom stereocenters. The van der Waals surface area contributed by atoms with E-state index in [2.05, 4.69) is 18.0 Å². The van der Waals surface area contributed by atoms with Crippen molar-refractivity contribution in [2.75, 3.05) is 6.61 Å². The zero-order valence-corrected chi connectivity index (χ0v) is 10.8. The van der Waals surface area contributed by atoms with Crippen molar-refractivity contribution >= 4 is 0 Å². The van der Waals surface area contributed by atoms with Gasteiger partial charge in [0.15, 0.2) is 0 Å². The van der Waals surface area contributed by atoms with Crippen molar-refractivity contribution in [3.8, 4) is 5.88 Å². The number of pyridine rings is 1. The molecule has 0 amide bonds. The second-order valence-corrected chi connectivity index (χ2v) is 5.00. The lowest BCUT2D eigenvalue weighted by Crippen LogP contribution is -2.11. The fraction of sp³-hybridized carbons (Fsp3) is 0.667. The smallest absolute Gasteiger partial charge is 0.213 e. The number of hydrogen-bond donors (Lipinski definition) is 0. The zero-order chi connectivity index (χ0) is 11.9. The van der Waals surface area contributed by atoms with E-state index >= 15 is 0 Å². The monoisotopic (exact) mass is 233 g/mol. The Hall–Kier alpha value is -1.05. The molecule has 0 N–H and O–H groups in total. The summed E-state index contributed by atoms with van der Waals surface area (Å²) < 4.78 is 5.74. The average Bonchev–Trinajstić information content (AvgIpc) is 2.40. The van der Waals surface area contributed by atoms with Gasteiger partial charge in [-0.2, -0.15) is 0 Å². The molecule has 0 aromatic carbocycles. The molecule has 1 aliphatic carbocycles. The predicted molar refractivity (Wildman–Crippen MR) is 70.3 cm³/mol. The molecule has 1 aromatic rings. The number of rotatable bonds is 5. The first-order chi connectivity index (χ1) is 8.38. The molecular weight excluding hydrogens is 210 g/mol. The summed E-state index contributed by atoms with van der Waals surface area (Å²) in [5.41, 5.74) is 1.30. The lowest BCUT2D eigenvalue weighted by Gasteiger charge is -2.21. The quantitative estimate of drug-likeness (QED) is 0.767. The fourth-order valence-corrected chi connectivity index (χ4v) is 2.56. The Morgan fingerprint density at radius 1 is 1.29 bits per heavy atom. The van der Waals surface area contributed by atoms with E-state index in [0.29, 0.717) is 0 Å². The summed E-state index contributed by atoms with van der Waals surface area (Å²) in [7, 11) is 0. The molecule has 17 heavy (non-hydrogen) atoms. The van der Waals surface area contributed by atoms with Gasteiger partial charge in [-0.15, -0.1) is 0 Å². The minimum atomic E-state index is 0.792. The van der Waals surface area contributed by atoms with E-state index in [1.807, 2.05) is 12.3 Å². The van der Waals surface area contributed by atoms with Crippen molar-refractivity contribution in [1.82, 2.24) is 4.98 Å². The third-order valence-corrected chi connectivity index (χ3v) is 3.71. The van der Waals surface area contributed by atoms with Crippen LogP contribution in [0, 0.1) is 5.92 Å². The molecule has 2 heteroatoms. The summed E-state index contributed by atoms with van der Waals surface area (Å²) >= 11 is 0. The summed E-state index contributed by atoms with van der Waals surface area (Å²) in [6.07, 6.45) is 11.1. The van der Waals surface area contributed by atoms with E-state index in [0.717, 1.165) is 24.8 Å². The SMILES string of the molecule is CCc1ccnc(OCCC2CCCCC2)c1. The second kappa shape index (κ2) is 6.63. The number of aromatic nitrogens is 1. The maximum absolute atomic E-state index is 5.74. The molecule has 1 aliphatic rings. The molecule has 1 aromatic heterocycles. The van der Waals surface area contributed by atoms with E-state index in [9.17, 15) is 0 Å². The number of ether oxygens (including phenoxy) is 1. The lowest BCUT2D eigenvalue weighted by molar-refractivity contribution is 0.240. The zero-order valence-electron chi connectivity index (χ0n) is 10.8. The van der Waals surface area contributed by atoms with E-state index in [4.69, 9.17) is 4.74 Å². The van der Waals surface area contributed by atoms with Crippen LogP contribution in [0.2, 0.25) is 0 Å². The van der Waals surface area contributed by atoms with E-state index < -0.39 is 0 Å². The van der Waals surface area contributed by atoms with Crippen LogP contribution in [0.25, 0.3) is 0 Å². The highest BCUT2D eigenvalue weighted by Crippen LogP contribution is 2.26. The Balaban J connectivity index is 1.73. The van der Waals surface area contributed by atoms with Gasteiger partial charge in [-0.1, -0.05) is 39.0 Å². The molecule has 2 rings (SSSR count). The minimum absolute atomic E-state index is 0.792. The van der Waals surface area contributed by atoms with Crippen LogP contribution in [0.5, 0.6) is 5.88 Å². The van der Waals surface area contributed by atoms with Gasteiger partial charge in [0, 0.05) is 12.3 Å². The highest BCUT2D eigenvalue weighted by molar-refractivity contribution is 5.20. The number of nitrogens with zero attached hydrogens (tertiary/aromatic N) is 1. The summed E-state index contributed by atoms with van der Waals surface area (Å²) in [4.78, 5) is 4.25. The van der Waals surface area contributed by atoms with Gasteiger partial charge in [0.1, 0.15) is 0 Å². The molecule has 0 aliphatic heterocycles. The van der Waals surface area contributed by atoms with Crippen LogP contribution in [0.4, 0.5) is 0 Å². The third-order valence-electron chi connectivity index (χ3n) is 3.71. The molecule has 1 heterocycles. The Kier molecular flexibility index (Phi) is 4.84. The van der Waals surface area contributed by atoms with Crippen LogP contribution in [-0.2, 0) is 6.42 Å². The maximum Gasteiger partial charge on any atom is 0.213 e.